The summed E-state index contributed by atoms with van der Waals surface area (Å²) in [4.78, 5) is 23.3. The Balaban J connectivity index is 1.45. The fourth-order valence-corrected chi connectivity index (χ4v) is 8.23. The van der Waals surface area contributed by atoms with Crippen LogP contribution in [0.3, 0.4) is 0 Å². The van der Waals surface area contributed by atoms with Gasteiger partial charge < -0.3 is 5.11 Å². The predicted octanol–water partition coefficient (Wildman–Crippen LogP) is 5.33. The Morgan fingerprint density at radius 1 is 1.08 bits per heavy atom. The van der Waals surface area contributed by atoms with E-state index in [1.165, 1.54) is 57.1 Å². The van der Waals surface area contributed by atoms with Crippen molar-refractivity contribution in [1.82, 2.24) is 0 Å². The van der Waals surface area contributed by atoms with Gasteiger partial charge in [0.15, 0.2) is 5.78 Å². The molecule has 2 saturated heterocycles. The molecule has 146 valence electrons. The van der Waals surface area contributed by atoms with Gasteiger partial charge in [0.05, 0.1) is 0 Å². The van der Waals surface area contributed by atoms with E-state index in [1.54, 1.807) is 6.08 Å². The maximum Gasteiger partial charge on any atom is 0.303 e. The standard InChI is InChI=1S/C21H32O3S2/c22-17(9-5-2-6-10-20(23)24)21-16(18-11-12-19(21)26-18)13-14-25-15-7-3-1-4-8-15/h5,9,15-16,18-19,21H,1-4,6-8,10-14H2,(H,23,24)/t16-,18+,19-,21+/m1/s1. The SMILES string of the molecule is O=C(O)CCCC=CC(=O)[C@@H]1[C@H](CCSC2CCCCC2)[C@@H]2CC[C@H]1S2. The lowest BCUT2D eigenvalue weighted by Gasteiger charge is -2.29. The van der Waals surface area contributed by atoms with Gasteiger partial charge in [-0.25, -0.2) is 0 Å². The highest BCUT2D eigenvalue weighted by Crippen LogP contribution is 2.54. The number of fused-ring (bicyclic) bond motifs is 2. The van der Waals surface area contributed by atoms with Crippen LogP contribution < -0.4 is 0 Å². The van der Waals surface area contributed by atoms with Gasteiger partial charge in [-0.1, -0.05) is 25.3 Å². The van der Waals surface area contributed by atoms with Crippen LogP contribution in [0, 0.1) is 11.8 Å². The first-order chi connectivity index (χ1) is 12.6. The smallest absolute Gasteiger partial charge is 0.303 e. The van der Waals surface area contributed by atoms with E-state index in [0.29, 0.717) is 35.0 Å². The molecule has 0 radical (unpaired) electrons. The van der Waals surface area contributed by atoms with Crippen LogP contribution in [-0.4, -0.2) is 38.4 Å². The molecule has 0 spiro atoms. The summed E-state index contributed by atoms with van der Waals surface area (Å²) in [6.45, 7) is 0. The molecule has 2 bridgehead atoms. The third kappa shape index (κ3) is 5.54. The molecule has 3 aliphatic rings. The lowest BCUT2D eigenvalue weighted by molar-refractivity contribution is -0.137. The first-order valence-electron chi connectivity index (χ1n) is 10.3. The Labute approximate surface area is 166 Å². The van der Waals surface area contributed by atoms with Gasteiger partial charge in [-0.05, 0) is 62.7 Å². The van der Waals surface area contributed by atoms with Crippen molar-refractivity contribution in [3.8, 4) is 0 Å². The third-order valence-corrected chi connectivity index (χ3v) is 9.38. The number of hydrogen-bond donors (Lipinski definition) is 1. The molecule has 5 heteroatoms. The van der Waals surface area contributed by atoms with Crippen LogP contribution in [-0.2, 0) is 9.59 Å². The molecular weight excluding hydrogens is 364 g/mol. The Morgan fingerprint density at radius 3 is 2.62 bits per heavy atom. The normalized spacial score (nSPS) is 31.7. The molecule has 0 aromatic rings. The van der Waals surface area contributed by atoms with Crippen LogP contribution >= 0.6 is 23.5 Å². The van der Waals surface area contributed by atoms with Gasteiger partial charge in [0, 0.05) is 28.1 Å². The summed E-state index contributed by atoms with van der Waals surface area (Å²) in [5.74, 6) is 1.52. The average Bonchev–Trinajstić information content (AvgIpc) is 3.23. The van der Waals surface area contributed by atoms with Gasteiger partial charge >= 0.3 is 5.97 Å². The van der Waals surface area contributed by atoms with E-state index in [9.17, 15) is 9.59 Å². The summed E-state index contributed by atoms with van der Waals surface area (Å²) in [6.07, 6.45) is 15.8. The zero-order valence-electron chi connectivity index (χ0n) is 15.6. The predicted molar refractivity (Wildman–Crippen MR) is 111 cm³/mol. The van der Waals surface area contributed by atoms with Crippen molar-refractivity contribution in [3.05, 3.63) is 12.2 Å². The Bertz CT molecular complexity index is 513. The van der Waals surface area contributed by atoms with Gasteiger partial charge in [-0.3, -0.25) is 9.59 Å². The Morgan fingerprint density at radius 2 is 1.85 bits per heavy atom. The fraction of sp³-hybridized carbons (Fsp3) is 0.810. The summed E-state index contributed by atoms with van der Waals surface area (Å²) in [6, 6.07) is 0. The molecule has 26 heavy (non-hydrogen) atoms. The first-order valence-corrected chi connectivity index (χ1v) is 12.3. The number of ketones is 1. The van der Waals surface area contributed by atoms with Crippen molar-refractivity contribution in [2.24, 2.45) is 11.8 Å². The summed E-state index contributed by atoms with van der Waals surface area (Å²) in [5.41, 5.74) is 0. The van der Waals surface area contributed by atoms with E-state index < -0.39 is 5.97 Å². The summed E-state index contributed by atoms with van der Waals surface area (Å²) in [7, 11) is 0. The number of rotatable bonds is 10. The van der Waals surface area contributed by atoms with Gasteiger partial charge in [-0.15, -0.1) is 0 Å². The molecule has 1 N–H and O–H groups in total. The van der Waals surface area contributed by atoms with Crippen LogP contribution in [0.2, 0.25) is 0 Å². The van der Waals surface area contributed by atoms with E-state index in [-0.39, 0.29) is 12.3 Å². The van der Waals surface area contributed by atoms with Gasteiger partial charge in [-0.2, -0.15) is 23.5 Å². The lowest BCUT2D eigenvalue weighted by Crippen LogP contribution is -2.33. The largest absolute Gasteiger partial charge is 0.481 e. The van der Waals surface area contributed by atoms with E-state index in [4.69, 9.17) is 5.11 Å². The minimum atomic E-state index is -0.759. The number of aliphatic carboxylic acids is 1. The Kier molecular flexibility index (Phi) is 7.98. The maximum atomic E-state index is 12.8. The Hall–Kier alpha value is -0.420. The third-order valence-electron chi connectivity index (χ3n) is 6.15. The number of carboxylic acid groups (broad SMARTS) is 1. The number of hydrogen-bond acceptors (Lipinski definition) is 4. The molecule has 0 unspecified atom stereocenters. The molecule has 1 saturated carbocycles. The topological polar surface area (TPSA) is 54.4 Å². The molecule has 0 aromatic heterocycles. The van der Waals surface area contributed by atoms with Crippen LogP contribution in [0.25, 0.3) is 0 Å². The number of carbonyl (C=O) groups is 2. The van der Waals surface area contributed by atoms with E-state index >= 15 is 0 Å². The van der Waals surface area contributed by atoms with Crippen molar-refractivity contribution in [1.29, 1.82) is 0 Å². The molecular formula is C21H32O3S2. The molecule has 3 fully saturated rings. The second-order valence-corrected chi connectivity index (χ2v) is 10.9. The first kappa shape index (κ1) is 20.3. The highest BCUT2D eigenvalue weighted by Gasteiger charge is 2.50. The highest BCUT2D eigenvalue weighted by atomic mass is 32.2. The second-order valence-electron chi connectivity index (χ2n) is 7.99. The molecule has 3 rings (SSSR count). The maximum absolute atomic E-state index is 12.8. The summed E-state index contributed by atoms with van der Waals surface area (Å²) in [5, 5.41) is 10.8. The number of allylic oxidation sites excluding steroid dienone is 2. The molecule has 4 atom stereocenters. The van der Waals surface area contributed by atoms with Crippen LogP contribution in [0.4, 0.5) is 0 Å². The van der Waals surface area contributed by atoms with Crippen molar-refractivity contribution < 1.29 is 14.7 Å². The van der Waals surface area contributed by atoms with Gasteiger partial charge in [0.25, 0.3) is 0 Å². The minimum Gasteiger partial charge on any atom is -0.481 e. The van der Waals surface area contributed by atoms with Crippen molar-refractivity contribution in [2.75, 3.05) is 5.75 Å². The van der Waals surface area contributed by atoms with Crippen LogP contribution in [0.5, 0.6) is 0 Å². The summed E-state index contributed by atoms with van der Waals surface area (Å²) >= 11 is 4.23. The number of carbonyl (C=O) groups excluding carboxylic acids is 1. The quantitative estimate of drug-likeness (QED) is 0.399. The van der Waals surface area contributed by atoms with Crippen molar-refractivity contribution in [2.45, 2.75) is 86.4 Å². The second kappa shape index (κ2) is 10.2. The number of thioether (sulfide) groups is 2. The number of unbranched alkanes of at least 4 members (excludes halogenated alkanes) is 1. The van der Waals surface area contributed by atoms with Crippen LogP contribution in [0.1, 0.15) is 70.6 Å². The average molecular weight is 397 g/mol. The van der Waals surface area contributed by atoms with Crippen LogP contribution in [0.15, 0.2) is 12.2 Å². The van der Waals surface area contributed by atoms with E-state index in [0.717, 1.165) is 5.25 Å². The molecule has 0 aromatic carbocycles. The van der Waals surface area contributed by atoms with E-state index in [1.807, 2.05) is 6.08 Å². The molecule has 3 nitrogen and oxygen atoms in total. The molecule has 2 heterocycles. The highest BCUT2D eigenvalue weighted by molar-refractivity contribution is 8.01. The van der Waals surface area contributed by atoms with Crippen molar-refractivity contribution >= 4 is 35.3 Å². The molecule has 1 aliphatic carbocycles. The monoisotopic (exact) mass is 396 g/mol. The number of carboxylic acids is 1. The molecule has 0 amide bonds. The van der Waals surface area contributed by atoms with Gasteiger partial charge in [0.2, 0.25) is 0 Å². The zero-order valence-corrected chi connectivity index (χ0v) is 17.2. The fourth-order valence-electron chi connectivity index (χ4n) is 4.82. The van der Waals surface area contributed by atoms with Gasteiger partial charge in [0.1, 0.15) is 0 Å². The lowest BCUT2D eigenvalue weighted by atomic mass is 9.75. The zero-order chi connectivity index (χ0) is 18.4. The van der Waals surface area contributed by atoms with E-state index in [2.05, 4.69) is 23.5 Å². The molecule has 2 aliphatic heterocycles. The summed E-state index contributed by atoms with van der Waals surface area (Å²) < 4.78 is 0. The van der Waals surface area contributed by atoms with Crippen molar-refractivity contribution in [3.63, 3.8) is 0 Å². The minimum absolute atomic E-state index is 0.184.